The summed E-state index contributed by atoms with van der Waals surface area (Å²) in [5.74, 6) is 0. The summed E-state index contributed by atoms with van der Waals surface area (Å²) in [6, 6.07) is 40.2. The standard InChI is InChI=1S/C44H36N8/c45-30-9-1-26(2-10-30)42-36-19-17-34(49-36)25-35-18-20-37(50-35)43(27-3-11-31(46)12-4-27)39-22-24-41(52-39)44(40-23-21-38(42)51-40,28-5-13-32(47)14-6-28)29-7-15-33(48)16-8-29/h1-25,40,50,52H,45-48H2/b35-25-,42-36-,43-37-. The second kappa shape index (κ2) is 12.1. The fourth-order valence-corrected chi connectivity index (χ4v) is 7.63. The number of aromatic nitrogens is 2. The number of hydrogen-bond acceptors (Lipinski definition) is 6. The van der Waals surface area contributed by atoms with Crippen LogP contribution < -0.4 is 33.6 Å². The number of rotatable bonds is 4. The maximum Gasteiger partial charge on any atom is 0.0883 e. The number of fused-ring (bicyclic) bond motifs is 6. The van der Waals surface area contributed by atoms with Gasteiger partial charge < -0.3 is 32.9 Å². The minimum atomic E-state index is -0.827. The van der Waals surface area contributed by atoms with Crippen LogP contribution in [0.25, 0.3) is 17.2 Å². The van der Waals surface area contributed by atoms with Gasteiger partial charge in [0.05, 0.1) is 28.6 Å². The zero-order chi connectivity index (χ0) is 35.4. The number of allylic oxidation sites excluding steroid dienone is 4. The van der Waals surface area contributed by atoms with Gasteiger partial charge in [0, 0.05) is 56.0 Å². The number of nitrogens with two attached hydrogens (primary N) is 4. The van der Waals surface area contributed by atoms with Crippen molar-refractivity contribution in [3.05, 3.63) is 196 Å². The van der Waals surface area contributed by atoms with Gasteiger partial charge in [-0.15, -0.1) is 0 Å². The van der Waals surface area contributed by atoms with Gasteiger partial charge in [0.25, 0.3) is 0 Å². The molecule has 1 unspecified atom stereocenters. The Morgan fingerprint density at radius 2 is 1.12 bits per heavy atom. The molecule has 3 aliphatic rings. The first kappa shape index (κ1) is 31.0. The van der Waals surface area contributed by atoms with Crippen molar-refractivity contribution in [2.45, 2.75) is 11.5 Å². The molecule has 52 heavy (non-hydrogen) atoms. The third kappa shape index (κ3) is 5.16. The van der Waals surface area contributed by atoms with E-state index < -0.39 is 5.41 Å². The van der Waals surface area contributed by atoms with Gasteiger partial charge in [0.2, 0.25) is 0 Å². The Kier molecular flexibility index (Phi) is 7.18. The fourth-order valence-electron chi connectivity index (χ4n) is 7.63. The summed E-state index contributed by atoms with van der Waals surface area (Å²) >= 11 is 0. The Bertz CT molecular complexity index is 2580. The molecule has 0 fully saturated rings. The van der Waals surface area contributed by atoms with Gasteiger partial charge >= 0.3 is 0 Å². The highest BCUT2D eigenvalue weighted by Crippen LogP contribution is 2.46. The van der Waals surface area contributed by atoms with E-state index in [1.54, 1.807) is 0 Å². The maximum atomic E-state index is 6.30. The van der Waals surface area contributed by atoms with Crippen LogP contribution in [0.2, 0.25) is 0 Å². The molecule has 0 amide bonds. The van der Waals surface area contributed by atoms with Crippen molar-refractivity contribution in [3.63, 3.8) is 0 Å². The molecule has 5 heterocycles. The van der Waals surface area contributed by atoms with Crippen LogP contribution in [0.1, 0.15) is 33.6 Å². The number of benzene rings is 4. The van der Waals surface area contributed by atoms with Crippen LogP contribution in [-0.2, 0) is 5.41 Å². The molecule has 3 aliphatic heterocycles. The van der Waals surface area contributed by atoms with Crippen LogP contribution in [0, 0.1) is 0 Å². The predicted molar refractivity (Wildman–Crippen MR) is 214 cm³/mol. The lowest BCUT2D eigenvalue weighted by Crippen LogP contribution is -2.40. The van der Waals surface area contributed by atoms with E-state index in [-0.39, 0.29) is 6.04 Å². The molecule has 0 saturated carbocycles. The van der Waals surface area contributed by atoms with Crippen molar-refractivity contribution in [3.8, 4) is 0 Å². The number of aliphatic imine (C=N–C) groups is 2. The zero-order valence-electron chi connectivity index (χ0n) is 28.2. The predicted octanol–water partition coefficient (Wildman–Crippen LogP) is 5.85. The Hall–Kier alpha value is -7.06. The van der Waals surface area contributed by atoms with E-state index in [1.807, 2.05) is 66.7 Å². The third-order valence-electron chi connectivity index (χ3n) is 10.1. The number of anilines is 4. The van der Waals surface area contributed by atoms with Crippen molar-refractivity contribution in [2.24, 2.45) is 9.98 Å². The molecule has 2 aromatic heterocycles. The number of nitrogens with one attached hydrogen (secondary N) is 2. The lowest BCUT2D eigenvalue weighted by molar-refractivity contribution is 0.539. The largest absolute Gasteiger partial charge is 0.399 e. The van der Waals surface area contributed by atoms with Gasteiger partial charge in [-0.1, -0.05) is 54.6 Å². The van der Waals surface area contributed by atoms with E-state index in [0.717, 1.165) is 72.6 Å². The topological polar surface area (TPSA) is 160 Å². The SMILES string of the molecule is Nc1ccc(/C2=C3\C=CC(=N3)/C=c3/cc/c([nH]3)=C(\c3ccc(N)cc3)c3ccc([nH]3)C(c3ccc(N)cc3)(c3ccc(N)cc3)C3C=CC2=N3)cc1. The summed E-state index contributed by atoms with van der Waals surface area (Å²) < 4.78 is 0. The van der Waals surface area contributed by atoms with E-state index in [9.17, 15) is 0 Å². The number of nitrogens with zero attached hydrogens (tertiary/aromatic N) is 2. The summed E-state index contributed by atoms with van der Waals surface area (Å²) in [4.78, 5) is 18.3. The molecule has 0 saturated heterocycles. The number of hydrogen-bond donors (Lipinski definition) is 6. The summed E-state index contributed by atoms with van der Waals surface area (Å²) in [6.07, 6.45) is 10.5. The van der Waals surface area contributed by atoms with Crippen molar-refractivity contribution >= 4 is 51.4 Å². The van der Waals surface area contributed by atoms with Gasteiger partial charge in [-0.2, -0.15) is 0 Å². The highest BCUT2D eigenvalue weighted by Gasteiger charge is 2.46. The Balaban J connectivity index is 1.40. The number of nitrogen functional groups attached to an aromatic ring is 4. The first-order valence-corrected chi connectivity index (χ1v) is 17.2. The van der Waals surface area contributed by atoms with Crippen LogP contribution >= 0.6 is 0 Å². The van der Waals surface area contributed by atoms with Crippen LogP contribution in [0.5, 0.6) is 0 Å². The molecule has 10 N–H and O–H groups in total. The van der Waals surface area contributed by atoms with Crippen LogP contribution in [0.15, 0.2) is 161 Å². The van der Waals surface area contributed by atoms with Crippen LogP contribution in [0.3, 0.4) is 0 Å². The molecule has 8 nitrogen and oxygen atoms in total. The molecule has 9 rings (SSSR count). The summed E-state index contributed by atoms with van der Waals surface area (Å²) in [7, 11) is 0. The van der Waals surface area contributed by atoms with Gasteiger partial charge in [-0.25, -0.2) is 4.99 Å². The average Bonchev–Trinajstić information content (AvgIpc) is 3.99. The normalized spacial score (nSPS) is 20.3. The highest BCUT2D eigenvalue weighted by atomic mass is 14.9. The van der Waals surface area contributed by atoms with Crippen molar-refractivity contribution in [1.29, 1.82) is 0 Å². The molecule has 1 atom stereocenters. The van der Waals surface area contributed by atoms with Crippen molar-refractivity contribution in [1.82, 2.24) is 9.97 Å². The minimum absolute atomic E-state index is 0.379. The maximum absolute atomic E-state index is 6.30. The van der Waals surface area contributed by atoms with Crippen LogP contribution in [0.4, 0.5) is 22.7 Å². The van der Waals surface area contributed by atoms with E-state index in [0.29, 0.717) is 22.7 Å². The second-order valence-electron chi connectivity index (χ2n) is 13.4. The van der Waals surface area contributed by atoms with Crippen LogP contribution in [-0.4, -0.2) is 27.4 Å². The molecule has 252 valence electrons. The number of aromatic amines is 2. The Labute approximate surface area is 300 Å². The summed E-state index contributed by atoms with van der Waals surface area (Å²) in [5, 5.41) is 1.88. The highest BCUT2D eigenvalue weighted by molar-refractivity contribution is 6.32. The van der Waals surface area contributed by atoms with Crippen molar-refractivity contribution < 1.29 is 0 Å². The average molecular weight is 677 g/mol. The Morgan fingerprint density at radius 1 is 0.538 bits per heavy atom. The lowest BCUT2D eigenvalue weighted by Gasteiger charge is -2.38. The zero-order valence-corrected chi connectivity index (χ0v) is 28.2. The number of H-pyrrole nitrogens is 2. The monoisotopic (exact) mass is 676 g/mol. The lowest BCUT2D eigenvalue weighted by atomic mass is 9.67. The summed E-state index contributed by atoms with van der Waals surface area (Å²) in [6.45, 7) is 0. The van der Waals surface area contributed by atoms with Gasteiger partial charge in [0.15, 0.2) is 0 Å². The molecule has 6 aromatic rings. The van der Waals surface area contributed by atoms with E-state index in [1.165, 1.54) is 0 Å². The van der Waals surface area contributed by atoms with E-state index in [4.69, 9.17) is 32.9 Å². The minimum Gasteiger partial charge on any atom is -0.399 e. The van der Waals surface area contributed by atoms with Gasteiger partial charge in [-0.3, -0.25) is 4.99 Å². The molecule has 0 aliphatic carbocycles. The smallest absolute Gasteiger partial charge is 0.0883 e. The Morgan fingerprint density at radius 3 is 1.73 bits per heavy atom. The molecule has 0 spiro atoms. The van der Waals surface area contributed by atoms with E-state index in [2.05, 4.69) is 94.9 Å². The fraction of sp³-hybridized carbons (Fsp3) is 0.0455. The summed E-state index contributed by atoms with van der Waals surface area (Å²) in [5.41, 5.74) is 37.1. The second-order valence-corrected chi connectivity index (χ2v) is 13.4. The molecule has 8 bridgehead atoms. The van der Waals surface area contributed by atoms with Crippen molar-refractivity contribution in [2.75, 3.05) is 22.9 Å². The molecular weight excluding hydrogens is 641 g/mol. The molecule has 4 aromatic carbocycles. The van der Waals surface area contributed by atoms with Gasteiger partial charge in [-0.05, 0) is 119 Å². The van der Waals surface area contributed by atoms with E-state index >= 15 is 0 Å². The first-order valence-electron chi connectivity index (χ1n) is 17.2. The third-order valence-corrected chi connectivity index (χ3v) is 10.1. The molecule has 8 heteroatoms. The molecular formula is C44H36N8. The van der Waals surface area contributed by atoms with Gasteiger partial charge in [0.1, 0.15) is 0 Å². The quantitative estimate of drug-likeness (QED) is 0.129. The first-order chi connectivity index (χ1) is 25.3. The molecule has 0 radical (unpaired) electrons.